The highest BCUT2D eigenvalue weighted by Crippen LogP contribution is 2.65. The molecule has 4 aliphatic carbocycles. The molecule has 7 nitrogen and oxygen atoms in total. The van der Waals surface area contributed by atoms with Gasteiger partial charge in [-0.1, -0.05) is 12.2 Å². The monoisotopic (exact) mass is 382 g/mol. The highest BCUT2D eigenvalue weighted by Gasteiger charge is 2.67. The van der Waals surface area contributed by atoms with Crippen LogP contribution in [0.1, 0.15) is 6.42 Å². The van der Waals surface area contributed by atoms with Gasteiger partial charge in [0.2, 0.25) is 17.7 Å². The number of nitrogens with one attached hydrogen (secondary N) is 1. The summed E-state index contributed by atoms with van der Waals surface area (Å²) in [4.78, 5) is 39.7. The molecule has 6 atom stereocenters. The van der Waals surface area contributed by atoms with Gasteiger partial charge in [0, 0.05) is 6.07 Å². The van der Waals surface area contributed by atoms with Crippen LogP contribution in [0.5, 0.6) is 11.5 Å². The Hall–Kier alpha value is -2.83. The smallest absolute Gasteiger partial charge is 0.244 e. The Bertz CT molecular complexity index is 874. The van der Waals surface area contributed by atoms with E-state index in [1.54, 1.807) is 18.2 Å². The SMILES string of the molecule is COc1ccc(OC)c(NC(=O)CN2C(=O)[C@@H]3[C@H]4C=C[C@H]([C@H]5C[C@H]45)[C@@H]3C2=O)c1. The maximum atomic E-state index is 13.0. The molecule has 146 valence electrons. The van der Waals surface area contributed by atoms with E-state index >= 15 is 0 Å². The van der Waals surface area contributed by atoms with Crippen molar-refractivity contribution < 1.29 is 23.9 Å². The van der Waals surface area contributed by atoms with E-state index in [0.717, 1.165) is 11.3 Å². The molecule has 6 rings (SSSR count). The molecule has 7 heteroatoms. The Labute approximate surface area is 162 Å². The highest BCUT2D eigenvalue weighted by atomic mass is 16.5. The summed E-state index contributed by atoms with van der Waals surface area (Å²) in [6.45, 7) is -0.278. The average molecular weight is 382 g/mol. The van der Waals surface area contributed by atoms with Gasteiger partial charge in [-0.3, -0.25) is 19.3 Å². The Balaban J connectivity index is 1.33. The number of anilines is 1. The van der Waals surface area contributed by atoms with Crippen molar-refractivity contribution in [1.82, 2.24) is 4.90 Å². The zero-order valence-corrected chi connectivity index (χ0v) is 15.8. The van der Waals surface area contributed by atoms with Crippen LogP contribution in [-0.2, 0) is 14.4 Å². The first kappa shape index (κ1) is 17.3. The van der Waals surface area contributed by atoms with Crippen LogP contribution in [-0.4, -0.2) is 43.4 Å². The summed E-state index contributed by atoms with van der Waals surface area (Å²) in [6, 6.07) is 5.05. The van der Waals surface area contributed by atoms with E-state index in [4.69, 9.17) is 9.47 Å². The van der Waals surface area contributed by atoms with E-state index in [2.05, 4.69) is 17.5 Å². The molecule has 0 spiro atoms. The fraction of sp³-hybridized carbons (Fsp3) is 0.476. The molecule has 0 unspecified atom stereocenters. The second kappa shape index (κ2) is 6.09. The highest BCUT2D eigenvalue weighted by molar-refractivity contribution is 6.09. The first-order chi connectivity index (χ1) is 13.5. The maximum Gasteiger partial charge on any atom is 0.244 e. The summed E-state index contributed by atoms with van der Waals surface area (Å²) >= 11 is 0. The van der Waals surface area contributed by atoms with Crippen LogP contribution in [0.25, 0.3) is 0 Å². The van der Waals surface area contributed by atoms with E-state index in [1.165, 1.54) is 14.2 Å². The summed E-state index contributed by atoms with van der Waals surface area (Å²) < 4.78 is 10.4. The predicted molar refractivity (Wildman–Crippen MR) is 99.6 cm³/mol. The van der Waals surface area contributed by atoms with Crippen LogP contribution in [0.4, 0.5) is 5.69 Å². The lowest BCUT2D eigenvalue weighted by Gasteiger charge is -2.37. The van der Waals surface area contributed by atoms with Gasteiger partial charge in [-0.2, -0.15) is 0 Å². The second-order valence-corrected chi connectivity index (χ2v) is 8.03. The molecule has 1 aliphatic heterocycles. The van der Waals surface area contributed by atoms with E-state index in [-0.39, 0.29) is 42.0 Å². The van der Waals surface area contributed by atoms with E-state index < -0.39 is 5.91 Å². The van der Waals surface area contributed by atoms with Crippen molar-refractivity contribution >= 4 is 23.4 Å². The maximum absolute atomic E-state index is 13.0. The summed E-state index contributed by atoms with van der Waals surface area (Å²) in [7, 11) is 3.04. The molecule has 0 aromatic heterocycles. The molecule has 1 aromatic carbocycles. The molecule has 0 radical (unpaired) electrons. The predicted octanol–water partition coefficient (Wildman–Crippen LogP) is 1.70. The van der Waals surface area contributed by atoms with Gasteiger partial charge in [0.25, 0.3) is 0 Å². The number of amides is 3. The molecule has 2 saturated carbocycles. The fourth-order valence-corrected chi connectivity index (χ4v) is 5.42. The Kier molecular flexibility index (Phi) is 3.76. The van der Waals surface area contributed by atoms with Crippen molar-refractivity contribution in [3.8, 4) is 11.5 Å². The van der Waals surface area contributed by atoms with Crippen LogP contribution < -0.4 is 14.8 Å². The summed E-state index contributed by atoms with van der Waals surface area (Å²) in [5.41, 5.74) is 0.436. The third kappa shape index (κ3) is 2.38. The lowest BCUT2D eigenvalue weighted by atomic mass is 9.63. The minimum Gasteiger partial charge on any atom is -0.497 e. The number of methoxy groups -OCH3 is 2. The number of ether oxygens (including phenoxy) is 2. The number of benzene rings is 1. The molecule has 28 heavy (non-hydrogen) atoms. The third-order valence-corrected chi connectivity index (χ3v) is 6.74. The summed E-state index contributed by atoms with van der Waals surface area (Å²) in [6.07, 6.45) is 5.36. The third-order valence-electron chi connectivity index (χ3n) is 6.74. The summed E-state index contributed by atoms with van der Waals surface area (Å²) in [5, 5.41) is 2.74. The summed E-state index contributed by atoms with van der Waals surface area (Å²) in [5.74, 6) is 1.03. The standard InChI is InChI=1S/C21H22N2O5/c1-27-10-3-6-16(28-2)15(7-10)22-17(24)9-23-20(25)18-11-4-5-12(14-8-13(11)14)19(18)21(23)26/h3-7,11-14,18-19H,8-9H2,1-2H3,(H,22,24)/t11-,12+,13-,14-,18+,19-/m1/s1. The normalized spacial score (nSPS) is 34.1. The molecule has 5 aliphatic rings. The molecule has 1 heterocycles. The zero-order chi connectivity index (χ0) is 19.6. The van der Waals surface area contributed by atoms with E-state index in [0.29, 0.717) is 29.0 Å². The van der Waals surface area contributed by atoms with Crippen molar-refractivity contribution in [3.05, 3.63) is 30.4 Å². The molecule has 1 aromatic rings. The number of carbonyl (C=O) groups is 3. The van der Waals surface area contributed by atoms with E-state index in [1.807, 2.05) is 0 Å². The van der Waals surface area contributed by atoms with Gasteiger partial charge in [-0.05, 0) is 42.2 Å². The first-order valence-corrected chi connectivity index (χ1v) is 9.59. The van der Waals surface area contributed by atoms with Gasteiger partial charge in [0.15, 0.2) is 0 Å². The van der Waals surface area contributed by atoms with Crippen molar-refractivity contribution in [2.45, 2.75) is 6.42 Å². The Morgan fingerprint density at radius 1 is 1.07 bits per heavy atom. The molecule has 2 bridgehead atoms. The largest absolute Gasteiger partial charge is 0.497 e. The number of likely N-dealkylation sites (tertiary alicyclic amines) is 1. The number of rotatable bonds is 5. The number of imide groups is 1. The number of hydrogen-bond acceptors (Lipinski definition) is 5. The van der Waals surface area contributed by atoms with Gasteiger partial charge in [0.1, 0.15) is 18.0 Å². The average Bonchev–Trinajstić information content (AvgIpc) is 3.49. The zero-order valence-electron chi connectivity index (χ0n) is 15.8. The fourth-order valence-electron chi connectivity index (χ4n) is 5.42. The van der Waals surface area contributed by atoms with Gasteiger partial charge in [0.05, 0.1) is 31.7 Å². The van der Waals surface area contributed by atoms with Crippen LogP contribution in [0.3, 0.4) is 0 Å². The van der Waals surface area contributed by atoms with Crippen LogP contribution in [0, 0.1) is 35.5 Å². The van der Waals surface area contributed by atoms with Crippen molar-refractivity contribution in [1.29, 1.82) is 0 Å². The Morgan fingerprint density at radius 2 is 1.71 bits per heavy atom. The van der Waals surface area contributed by atoms with Gasteiger partial charge < -0.3 is 14.8 Å². The van der Waals surface area contributed by atoms with Crippen LogP contribution >= 0.6 is 0 Å². The van der Waals surface area contributed by atoms with Gasteiger partial charge >= 0.3 is 0 Å². The molecular weight excluding hydrogens is 360 g/mol. The molecule has 3 fully saturated rings. The lowest BCUT2D eigenvalue weighted by molar-refractivity contribution is -0.142. The number of hydrogen-bond donors (Lipinski definition) is 1. The number of allylic oxidation sites excluding steroid dienone is 2. The minimum absolute atomic E-state index is 0.156. The van der Waals surface area contributed by atoms with Crippen LogP contribution in [0.15, 0.2) is 30.4 Å². The molecule has 1 N–H and O–H groups in total. The Morgan fingerprint density at radius 3 is 2.29 bits per heavy atom. The quantitative estimate of drug-likeness (QED) is 0.619. The van der Waals surface area contributed by atoms with Crippen molar-refractivity contribution in [2.24, 2.45) is 35.5 Å². The molecular formula is C21H22N2O5. The van der Waals surface area contributed by atoms with Gasteiger partial charge in [-0.15, -0.1) is 0 Å². The van der Waals surface area contributed by atoms with Gasteiger partial charge in [-0.25, -0.2) is 0 Å². The van der Waals surface area contributed by atoms with Crippen molar-refractivity contribution in [2.75, 3.05) is 26.1 Å². The topological polar surface area (TPSA) is 84.9 Å². The number of carbonyl (C=O) groups excluding carboxylic acids is 3. The minimum atomic E-state index is -0.433. The first-order valence-electron chi connectivity index (χ1n) is 9.59. The van der Waals surface area contributed by atoms with E-state index in [9.17, 15) is 14.4 Å². The molecule has 1 saturated heterocycles. The molecule has 3 amide bonds. The lowest BCUT2D eigenvalue weighted by Crippen LogP contribution is -2.40. The van der Waals surface area contributed by atoms with Crippen LogP contribution in [0.2, 0.25) is 0 Å². The number of nitrogens with zero attached hydrogens (tertiary/aromatic N) is 1. The second-order valence-electron chi connectivity index (χ2n) is 8.03. The van der Waals surface area contributed by atoms with Crippen molar-refractivity contribution in [3.63, 3.8) is 0 Å².